The third-order valence-corrected chi connectivity index (χ3v) is 9.31. The van der Waals surface area contributed by atoms with E-state index in [9.17, 15) is 43.8 Å². The highest BCUT2D eigenvalue weighted by molar-refractivity contribution is 14.1. The summed E-state index contributed by atoms with van der Waals surface area (Å²) in [6.45, 7) is 3.37. The zero-order valence-corrected chi connectivity index (χ0v) is 27.2. The maximum atomic E-state index is 14.0. The average Bonchev–Trinajstić information content (AvgIpc) is 2.95. The molecule has 0 aliphatic heterocycles. The molecule has 4 rings (SSSR count). The van der Waals surface area contributed by atoms with E-state index >= 15 is 0 Å². The van der Waals surface area contributed by atoms with Crippen LogP contribution in [0.4, 0.5) is 0 Å². The van der Waals surface area contributed by atoms with Crippen LogP contribution < -0.4 is 5.73 Å². The molecule has 0 bridgehead atoms. The Balaban J connectivity index is 1.86. The molecular weight excluding hydrogens is 703 g/mol. The first-order valence-corrected chi connectivity index (χ1v) is 15.3. The first-order chi connectivity index (χ1) is 21.1. The lowest BCUT2D eigenvalue weighted by Gasteiger charge is -2.52. The summed E-state index contributed by atoms with van der Waals surface area (Å²) >= 11 is 1.72. The van der Waals surface area contributed by atoms with E-state index in [0.717, 1.165) is 0 Å². The molecule has 4 N–H and O–H groups in total. The Kier molecular flexibility index (Phi) is 9.80. The number of rotatable bonds is 8. The van der Waals surface area contributed by atoms with Gasteiger partial charge in [-0.15, -0.1) is 0 Å². The van der Waals surface area contributed by atoms with Crippen molar-refractivity contribution in [3.05, 3.63) is 44.1 Å². The number of phenols is 1. The van der Waals surface area contributed by atoms with Crippen molar-refractivity contribution in [3.63, 3.8) is 0 Å². The number of phenolic OH excluding ortho intramolecular Hbond substituents is 1. The number of carbonyl (C=O) groups excluding carboxylic acids is 7. The van der Waals surface area contributed by atoms with E-state index < -0.39 is 82.0 Å². The maximum absolute atomic E-state index is 14.0. The number of aliphatic hydroxyl groups is 1. The second-order valence-electron chi connectivity index (χ2n) is 11.3. The van der Waals surface area contributed by atoms with E-state index in [1.54, 1.807) is 36.4 Å². The summed E-state index contributed by atoms with van der Waals surface area (Å²) in [5, 5.41) is 22.5. The molecule has 1 aromatic carbocycles. The van der Waals surface area contributed by atoms with Gasteiger partial charge in [0.15, 0.2) is 34.7 Å². The van der Waals surface area contributed by atoms with Crippen LogP contribution in [0.1, 0.15) is 41.8 Å². The summed E-state index contributed by atoms with van der Waals surface area (Å²) in [4.78, 5) is 93.3. The fourth-order valence-corrected chi connectivity index (χ4v) is 7.19. The van der Waals surface area contributed by atoms with Crippen LogP contribution in [-0.4, -0.2) is 95.0 Å². The van der Waals surface area contributed by atoms with E-state index in [2.05, 4.69) is 0 Å². The van der Waals surface area contributed by atoms with Gasteiger partial charge in [0.1, 0.15) is 5.75 Å². The Morgan fingerprint density at radius 2 is 1.69 bits per heavy atom. The molecule has 0 heterocycles. The molecule has 0 radical (unpaired) electrons. The number of aromatic hydroxyl groups is 1. The smallest absolute Gasteiger partial charge is 0.344 e. The second kappa shape index (κ2) is 12.9. The molecule has 1 amide bonds. The van der Waals surface area contributed by atoms with Crippen molar-refractivity contribution in [2.24, 2.45) is 29.4 Å². The normalized spacial score (nSPS) is 28.3. The second-order valence-corrected chi connectivity index (χ2v) is 12.5. The molecule has 2 fully saturated rings. The molecule has 0 saturated heterocycles. The number of fused-ring (bicyclic) bond motifs is 3. The molecule has 6 atom stereocenters. The van der Waals surface area contributed by atoms with Crippen molar-refractivity contribution in [1.82, 2.24) is 4.90 Å². The Morgan fingerprint density at radius 3 is 2.27 bits per heavy atom. The van der Waals surface area contributed by atoms with Crippen LogP contribution in [0.2, 0.25) is 0 Å². The van der Waals surface area contributed by atoms with E-state index in [4.69, 9.17) is 15.2 Å². The fourth-order valence-electron chi connectivity index (χ4n) is 6.70. The molecular formula is C31H33IN2O11. The van der Waals surface area contributed by atoms with Crippen LogP contribution in [0.3, 0.4) is 0 Å². The van der Waals surface area contributed by atoms with Crippen LogP contribution in [0.25, 0.3) is 6.08 Å². The minimum absolute atomic E-state index is 0.0130. The first kappa shape index (κ1) is 34.1. The van der Waals surface area contributed by atoms with Crippen LogP contribution in [0, 0.1) is 23.7 Å². The zero-order chi connectivity index (χ0) is 33.5. The SMILES string of the molecule is CCOC(=O)C(I)=CC(=Cc1ccc(O)c2c1C[C@H]1C[C@H]3[C@H](N(C)C)C(=O)C(C(N)=O)C(=O)[C@@]3(O)C(=O)C1C2=O)C(=O)OCC. The minimum Gasteiger partial charge on any atom is -0.507 e. The van der Waals surface area contributed by atoms with Crippen molar-refractivity contribution < 1.29 is 53.2 Å². The molecule has 1 aromatic rings. The number of primary amides is 1. The van der Waals surface area contributed by atoms with Crippen molar-refractivity contribution in [2.75, 3.05) is 27.3 Å². The van der Waals surface area contributed by atoms with Crippen LogP contribution in [0.5, 0.6) is 5.75 Å². The van der Waals surface area contributed by atoms with Crippen molar-refractivity contribution in [1.29, 1.82) is 0 Å². The number of carbonyl (C=O) groups is 7. The van der Waals surface area contributed by atoms with Gasteiger partial charge in [0.25, 0.3) is 0 Å². The number of hydrogen-bond donors (Lipinski definition) is 3. The van der Waals surface area contributed by atoms with Gasteiger partial charge in [-0.05, 0) is 98.6 Å². The lowest BCUT2D eigenvalue weighted by atomic mass is 9.52. The number of ether oxygens (including phenoxy) is 2. The summed E-state index contributed by atoms with van der Waals surface area (Å²) in [6, 6.07) is 1.42. The summed E-state index contributed by atoms with van der Waals surface area (Å²) in [7, 11) is 3.00. The van der Waals surface area contributed by atoms with Gasteiger partial charge in [0.05, 0.1) is 39.9 Å². The number of nitrogens with two attached hydrogens (primary N) is 1. The quantitative estimate of drug-likeness (QED) is 0.111. The van der Waals surface area contributed by atoms with Gasteiger partial charge >= 0.3 is 11.9 Å². The van der Waals surface area contributed by atoms with Crippen molar-refractivity contribution >= 4 is 69.6 Å². The highest BCUT2D eigenvalue weighted by atomic mass is 127. The molecule has 13 nitrogen and oxygen atoms in total. The molecule has 45 heavy (non-hydrogen) atoms. The van der Waals surface area contributed by atoms with Crippen LogP contribution in [0.15, 0.2) is 27.4 Å². The summed E-state index contributed by atoms with van der Waals surface area (Å²) in [5.41, 5.74) is 2.81. The Labute approximate surface area is 271 Å². The zero-order valence-electron chi connectivity index (χ0n) is 25.0. The average molecular weight is 737 g/mol. The first-order valence-electron chi connectivity index (χ1n) is 14.2. The topological polar surface area (TPSA) is 208 Å². The van der Waals surface area contributed by atoms with Gasteiger partial charge in [0.2, 0.25) is 5.91 Å². The third kappa shape index (κ3) is 5.74. The fraction of sp³-hybridized carbons (Fsp3) is 0.452. The van der Waals surface area contributed by atoms with E-state index in [1.165, 1.54) is 43.3 Å². The molecule has 3 aliphatic carbocycles. The number of ketones is 4. The van der Waals surface area contributed by atoms with Gasteiger partial charge < -0.3 is 25.4 Å². The number of nitrogens with zero attached hydrogens (tertiary/aromatic N) is 1. The lowest BCUT2D eigenvalue weighted by Crippen LogP contribution is -2.74. The Bertz CT molecular complexity index is 1580. The number of esters is 2. The molecule has 0 aromatic heterocycles. The lowest BCUT2D eigenvalue weighted by molar-refractivity contribution is -0.181. The molecule has 2 saturated carbocycles. The number of halogens is 1. The largest absolute Gasteiger partial charge is 0.507 e. The predicted molar refractivity (Wildman–Crippen MR) is 165 cm³/mol. The number of likely N-dealkylation sites (N-methyl/N-ethyl adjacent to an activating group) is 1. The summed E-state index contributed by atoms with van der Waals surface area (Å²) in [5.74, 6) is -13.2. The van der Waals surface area contributed by atoms with E-state index in [1.807, 2.05) is 0 Å². The molecule has 3 aliphatic rings. The highest BCUT2D eigenvalue weighted by Crippen LogP contribution is 2.51. The van der Waals surface area contributed by atoms with Crippen molar-refractivity contribution in [2.45, 2.75) is 38.3 Å². The van der Waals surface area contributed by atoms with Gasteiger partial charge in [-0.1, -0.05) is 6.07 Å². The Hall–Kier alpha value is -3.76. The van der Waals surface area contributed by atoms with Gasteiger partial charge in [-0.3, -0.25) is 28.9 Å². The van der Waals surface area contributed by atoms with Crippen molar-refractivity contribution in [3.8, 4) is 5.75 Å². The van der Waals surface area contributed by atoms with Gasteiger partial charge in [-0.25, -0.2) is 9.59 Å². The number of benzene rings is 1. The van der Waals surface area contributed by atoms with Gasteiger partial charge in [-0.2, -0.15) is 0 Å². The standard InChI is InChI=1S/C31H33IN2O11/c1-5-44-29(41)15(12-18(32)30(42)45-6-2)9-13-7-8-19(35)21-16(13)10-14-11-17-23(34(3)4)25(37)22(28(33)40)27(39)31(17,43)26(38)20(14)24(21)36/h7-9,12,14,17,20,22-23,35,43H,5-6,10-11H2,1-4H3,(H2,33,40)/t14-,17-,20?,22?,23-,31-/m0/s1. The monoisotopic (exact) mass is 736 g/mol. The maximum Gasteiger partial charge on any atom is 0.344 e. The highest BCUT2D eigenvalue weighted by Gasteiger charge is 2.69. The number of Topliss-reactive ketones (excluding diaryl/α,β-unsaturated/α-hetero) is 4. The molecule has 240 valence electrons. The van der Waals surface area contributed by atoms with Crippen LogP contribution >= 0.6 is 22.6 Å². The third-order valence-electron chi connectivity index (χ3n) is 8.56. The van der Waals surface area contributed by atoms with E-state index in [0.29, 0.717) is 5.56 Å². The molecule has 2 unspecified atom stereocenters. The molecule has 14 heteroatoms. The predicted octanol–water partition coefficient (Wildman–Crippen LogP) is 0.696. The Morgan fingerprint density at radius 1 is 1.07 bits per heavy atom. The molecule has 0 spiro atoms. The minimum atomic E-state index is -2.84. The summed E-state index contributed by atoms with van der Waals surface area (Å²) in [6.07, 6.45) is 2.51. The van der Waals surface area contributed by atoms with Crippen LogP contribution in [-0.2, 0) is 44.7 Å². The summed E-state index contributed by atoms with van der Waals surface area (Å²) < 4.78 is 10.2. The van der Waals surface area contributed by atoms with E-state index in [-0.39, 0.29) is 46.3 Å². The number of amides is 1. The number of hydrogen-bond acceptors (Lipinski definition) is 12. The van der Waals surface area contributed by atoms with Gasteiger partial charge in [0, 0.05) is 5.92 Å².